The van der Waals surface area contributed by atoms with Crippen LogP contribution in [0.1, 0.15) is 20.8 Å². The first-order valence-corrected chi connectivity index (χ1v) is 11.8. The van der Waals surface area contributed by atoms with E-state index in [0.29, 0.717) is 41.4 Å². The lowest BCUT2D eigenvalue weighted by molar-refractivity contribution is -0.140. The number of fused-ring (bicyclic) bond motifs is 1. The fourth-order valence-corrected chi connectivity index (χ4v) is 4.81. The van der Waals surface area contributed by atoms with Gasteiger partial charge in [0, 0.05) is 13.1 Å². The van der Waals surface area contributed by atoms with E-state index in [-0.39, 0.29) is 29.4 Å². The molecule has 0 radical (unpaired) electrons. The summed E-state index contributed by atoms with van der Waals surface area (Å²) < 4.78 is 12.8. The maximum atomic E-state index is 13.4. The lowest BCUT2D eigenvalue weighted by atomic mass is 10.2. The standard InChI is InChI=1S/C24H27N3O4S/c1-4-30-19-11-9-18(10-12-19)27-23(29)20-7-5-6-8-21(20)25-24(27)32-15-22(28)26-13-16(2)31-17(3)14-26/h5-12,16-17H,4,13-15H2,1-3H3. The van der Waals surface area contributed by atoms with Gasteiger partial charge in [0.25, 0.3) is 5.56 Å². The highest BCUT2D eigenvalue weighted by atomic mass is 32.2. The Morgan fingerprint density at radius 1 is 1.12 bits per heavy atom. The fourth-order valence-electron chi connectivity index (χ4n) is 3.89. The number of carbonyl (C=O) groups is 1. The molecule has 3 aromatic rings. The molecule has 2 atom stereocenters. The van der Waals surface area contributed by atoms with Gasteiger partial charge in [-0.15, -0.1) is 0 Å². The van der Waals surface area contributed by atoms with Crippen LogP contribution in [-0.2, 0) is 9.53 Å². The Labute approximate surface area is 191 Å². The second kappa shape index (κ2) is 9.75. The van der Waals surface area contributed by atoms with Gasteiger partial charge in [0.05, 0.1) is 41.2 Å². The van der Waals surface area contributed by atoms with Crippen molar-refractivity contribution >= 4 is 28.6 Å². The third-order valence-electron chi connectivity index (χ3n) is 5.25. The minimum Gasteiger partial charge on any atom is -0.494 e. The molecule has 1 aliphatic rings. The zero-order valence-electron chi connectivity index (χ0n) is 18.5. The van der Waals surface area contributed by atoms with E-state index in [1.54, 1.807) is 10.6 Å². The molecule has 1 amide bonds. The molecule has 2 heterocycles. The number of rotatable bonds is 6. The predicted molar refractivity (Wildman–Crippen MR) is 126 cm³/mol. The molecule has 1 fully saturated rings. The molecule has 32 heavy (non-hydrogen) atoms. The number of thioether (sulfide) groups is 1. The number of carbonyl (C=O) groups excluding carboxylic acids is 1. The highest BCUT2D eigenvalue weighted by Gasteiger charge is 2.26. The number of morpholine rings is 1. The zero-order chi connectivity index (χ0) is 22.7. The smallest absolute Gasteiger partial charge is 0.266 e. The number of ether oxygens (including phenoxy) is 2. The molecule has 1 saturated heterocycles. The Bertz CT molecular complexity index is 1150. The molecule has 0 saturated carbocycles. The number of aromatic nitrogens is 2. The predicted octanol–water partition coefficient (Wildman–Crippen LogP) is 3.51. The van der Waals surface area contributed by atoms with Crippen LogP contribution in [-0.4, -0.2) is 58.0 Å². The van der Waals surface area contributed by atoms with Crippen molar-refractivity contribution in [3.05, 3.63) is 58.9 Å². The number of benzene rings is 2. The summed E-state index contributed by atoms with van der Waals surface area (Å²) in [5.74, 6) is 0.942. The minimum absolute atomic E-state index is 0.00790. The Balaban J connectivity index is 1.66. The van der Waals surface area contributed by atoms with Crippen LogP contribution >= 0.6 is 11.8 Å². The maximum absolute atomic E-state index is 13.4. The molecule has 0 bridgehead atoms. The first-order valence-electron chi connectivity index (χ1n) is 10.8. The van der Waals surface area contributed by atoms with Crippen molar-refractivity contribution in [2.45, 2.75) is 38.1 Å². The summed E-state index contributed by atoms with van der Waals surface area (Å²) in [7, 11) is 0. The fraction of sp³-hybridized carbons (Fsp3) is 0.375. The first kappa shape index (κ1) is 22.4. The van der Waals surface area contributed by atoms with Gasteiger partial charge >= 0.3 is 0 Å². The van der Waals surface area contributed by atoms with Gasteiger partial charge in [-0.05, 0) is 57.2 Å². The van der Waals surface area contributed by atoms with Crippen LogP contribution in [0.25, 0.3) is 16.6 Å². The molecule has 7 nitrogen and oxygen atoms in total. The molecule has 0 spiro atoms. The molecular weight excluding hydrogens is 426 g/mol. The summed E-state index contributed by atoms with van der Waals surface area (Å²) in [5.41, 5.74) is 1.13. The summed E-state index contributed by atoms with van der Waals surface area (Å²) in [5, 5.41) is 1.02. The molecule has 8 heteroatoms. The molecule has 4 rings (SSSR count). The summed E-state index contributed by atoms with van der Waals surface area (Å²) in [4.78, 5) is 32.8. The Morgan fingerprint density at radius 3 is 2.50 bits per heavy atom. The van der Waals surface area contributed by atoms with Gasteiger partial charge < -0.3 is 14.4 Å². The summed E-state index contributed by atoms with van der Waals surface area (Å²) in [6.45, 7) is 7.57. The van der Waals surface area contributed by atoms with Crippen LogP contribution in [0.3, 0.4) is 0 Å². The monoisotopic (exact) mass is 453 g/mol. The lowest BCUT2D eigenvalue weighted by Crippen LogP contribution is -2.48. The van der Waals surface area contributed by atoms with Gasteiger partial charge in [-0.2, -0.15) is 0 Å². The van der Waals surface area contributed by atoms with Crippen molar-refractivity contribution < 1.29 is 14.3 Å². The second-order valence-corrected chi connectivity index (χ2v) is 8.77. The highest BCUT2D eigenvalue weighted by Crippen LogP contribution is 2.24. The van der Waals surface area contributed by atoms with Gasteiger partial charge in [0.15, 0.2) is 5.16 Å². The quantitative estimate of drug-likeness (QED) is 0.420. The highest BCUT2D eigenvalue weighted by molar-refractivity contribution is 7.99. The van der Waals surface area contributed by atoms with Crippen molar-refractivity contribution in [3.8, 4) is 11.4 Å². The van der Waals surface area contributed by atoms with Gasteiger partial charge in [0.1, 0.15) is 5.75 Å². The third kappa shape index (κ3) is 4.81. The topological polar surface area (TPSA) is 73.7 Å². The van der Waals surface area contributed by atoms with Crippen LogP contribution in [0.15, 0.2) is 58.5 Å². The third-order valence-corrected chi connectivity index (χ3v) is 6.17. The van der Waals surface area contributed by atoms with Crippen molar-refractivity contribution in [1.82, 2.24) is 14.5 Å². The molecular formula is C24H27N3O4S. The normalized spacial score (nSPS) is 18.7. The van der Waals surface area contributed by atoms with Gasteiger partial charge in [-0.3, -0.25) is 14.2 Å². The SMILES string of the molecule is CCOc1ccc(-n2c(SCC(=O)N3CC(C)OC(C)C3)nc3ccccc3c2=O)cc1. The molecule has 1 aliphatic heterocycles. The second-order valence-electron chi connectivity index (χ2n) is 7.82. The van der Waals surface area contributed by atoms with Crippen molar-refractivity contribution in [1.29, 1.82) is 0 Å². The number of nitrogens with zero attached hydrogens (tertiary/aromatic N) is 3. The van der Waals surface area contributed by atoms with E-state index >= 15 is 0 Å². The van der Waals surface area contributed by atoms with Gasteiger partial charge in [0.2, 0.25) is 5.91 Å². The van der Waals surface area contributed by atoms with Crippen molar-refractivity contribution in [2.75, 3.05) is 25.4 Å². The maximum Gasteiger partial charge on any atom is 0.266 e. The molecule has 0 aliphatic carbocycles. The molecule has 2 unspecified atom stereocenters. The van der Waals surface area contributed by atoms with E-state index < -0.39 is 0 Å². The number of hydrogen-bond acceptors (Lipinski definition) is 6. The Kier molecular flexibility index (Phi) is 6.81. The molecule has 1 aromatic heterocycles. The van der Waals surface area contributed by atoms with Crippen molar-refractivity contribution in [3.63, 3.8) is 0 Å². The average molecular weight is 454 g/mol. The zero-order valence-corrected chi connectivity index (χ0v) is 19.3. The van der Waals surface area contributed by atoms with Crippen molar-refractivity contribution in [2.24, 2.45) is 0 Å². The van der Waals surface area contributed by atoms with E-state index in [0.717, 1.165) is 5.75 Å². The van der Waals surface area contributed by atoms with E-state index in [1.807, 2.05) is 68.1 Å². The lowest BCUT2D eigenvalue weighted by Gasteiger charge is -2.35. The van der Waals surface area contributed by atoms with E-state index in [4.69, 9.17) is 14.5 Å². The Hall–Kier alpha value is -2.84. The van der Waals surface area contributed by atoms with E-state index in [2.05, 4.69) is 0 Å². The first-order chi connectivity index (χ1) is 15.5. The summed E-state index contributed by atoms with van der Waals surface area (Å²) in [6, 6.07) is 14.6. The summed E-state index contributed by atoms with van der Waals surface area (Å²) in [6.07, 6.45) is 0.0158. The molecule has 0 N–H and O–H groups in total. The van der Waals surface area contributed by atoms with E-state index in [9.17, 15) is 9.59 Å². The number of amides is 1. The summed E-state index contributed by atoms with van der Waals surface area (Å²) >= 11 is 1.28. The average Bonchev–Trinajstić information content (AvgIpc) is 2.78. The van der Waals surface area contributed by atoms with Gasteiger partial charge in [-0.25, -0.2) is 4.98 Å². The molecule has 2 aromatic carbocycles. The van der Waals surface area contributed by atoms with E-state index in [1.165, 1.54) is 11.8 Å². The number of para-hydroxylation sites is 1. The number of hydrogen-bond donors (Lipinski definition) is 0. The Morgan fingerprint density at radius 2 is 1.81 bits per heavy atom. The largest absolute Gasteiger partial charge is 0.494 e. The molecule has 168 valence electrons. The van der Waals surface area contributed by atoms with Gasteiger partial charge in [-0.1, -0.05) is 23.9 Å². The van der Waals surface area contributed by atoms with Crippen LogP contribution in [0.5, 0.6) is 5.75 Å². The minimum atomic E-state index is -0.164. The van der Waals surface area contributed by atoms with Crippen LogP contribution in [0, 0.1) is 0 Å². The van der Waals surface area contributed by atoms with Crippen LogP contribution < -0.4 is 10.3 Å². The van der Waals surface area contributed by atoms with Crippen LogP contribution in [0.2, 0.25) is 0 Å². The van der Waals surface area contributed by atoms with Crippen LogP contribution in [0.4, 0.5) is 0 Å².